The number of nitrogens with one attached hydrogen (secondary N) is 1. The maximum atomic E-state index is 12.8. The van der Waals surface area contributed by atoms with Gasteiger partial charge in [0.25, 0.3) is 5.91 Å². The molecule has 0 aliphatic carbocycles. The summed E-state index contributed by atoms with van der Waals surface area (Å²) < 4.78 is 5.93. The van der Waals surface area contributed by atoms with E-state index in [4.69, 9.17) is 4.74 Å². The maximum Gasteiger partial charge on any atom is 0.256 e. The Bertz CT molecular complexity index is 629. The Hall–Kier alpha value is -2.02. The molecule has 0 spiro atoms. The van der Waals surface area contributed by atoms with Crippen LogP contribution in [0.3, 0.4) is 0 Å². The lowest BCUT2D eigenvalue weighted by molar-refractivity contribution is -0.0772. The molecule has 3 heterocycles. The molecule has 3 rings (SSSR count). The number of aromatic amines is 1. The number of pyridine rings is 1. The normalized spacial score (nSPS) is 22.7. The summed E-state index contributed by atoms with van der Waals surface area (Å²) in [6, 6.07) is 1.70. The number of carbonyl (C=O) groups excluding carboxylic acids is 1. The molecule has 112 valence electrons. The van der Waals surface area contributed by atoms with Crippen LogP contribution >= 0.6 is 0 Å². The molecular formula is C14H19N5O2. The summed E-state index contributed by atoms with van der Waals surface area (Å²) in [4.78, 5) is 18.7. The van der Waals surface area contributed by atoms with Gasteiger partial charge in [-0.2, -0.15) is 10.3 Å². The number of carbonyl (C=O) groups is 1. The lowest BCUT2D eigenvalue weighted by Gasteiger charge is -2.37. The van der Waals surface area contributed by atoms with Crippen molar-refractivity contribution in [1.29, 1.82) is 0 Å². The van der Waals surface area contributed by atoms with Crippen LogP contribution < -0.4 is 0 Å². The molecule has 1 fully saturated rings. The van der Waals surface area contributed by atoms with Crippen molar-refractivity contribution in [1.82, 2.24) is 25.3 Å². The van der Waals surface area contributed by atoms with Crippen LogP contribution in [0.5, 0.6) is 0 Å². The average Bonchev–Trinajstić information content (AvgIpc) is 3.02. The summed E-state index contributed by atoms with van der Waals surface area (Å²) in [5, 5.41) is 10.5. The zero-order chi connectivity index (χ0) is 14.8. The molecule has 2 unspecified atom stereocenters. The average molecular weight is 289 g/mol. The summed E-state index contributed by atoms with van der Waals surface area (Å²) in [5.41, 5.74) is 1.53. The molecule has 1 aliphatic heterocycles. The Balaban J connectivity index is 1.88. The van der Waals surface area contributed by atoms with E-state index in [9.17, 15) is 4.79 Å². The van der Waals surface area contributed by atoms with Crippen LogP contribution in [0.25, 0.3) is 11.2 Å². The second kappa shape index (κ2) is 5.77. The van der Waals surface area contributed by atoms with E-state index in [0.717, 1.165) is 12.8 Å². The van der Waals surface area contributed by atoms with Gasteiger partial charge in [0.15, 0.2) is 0 Å². The molecule has 2 atom stereocenters. The van der Waals surface area contributed by atoms with Gasteiger partial charge in [-0.3, -0.25) is 4.79 Å². The first-order valence-electron chi connectivity index (χ1n) is 7.33. The van der Waals surface area contributed by atoms with E-state index >= 15 is 0 Å². The monoisotopic (exact) mass is 289 g/mol. The van der Waals surface area contributed by atoms with E-state index in [2.05, 4.69) is 34.2 Å². The van der Waals surface area contributed by atoms with Gasteiger partial charge in [-0.25, -0.2) is 4.98 Å². The Labute approximate surface area is 122 Å². The highest BCUT2D eigenvalue weighted by atomic mass is 16.5. The number of amides is 1. The van der Waals surface area contributed by atoms with Crippen LogP contribution in [-0.2, 0) is 4.74 Å². The molecule has 2 aromatic heterocycles. The molecular weight excluding hydrogens is 270 g/mol. The maximum absolute atomic E-state index is 12.8. The van der Waals surface area contributed by atoms with Gasteiger partial charge in [0.05, 0.1) is 17.8 Å². The molecule has 0 radical (unpaired) electrons. The molecule has 21 heavy (non-hydrogen) atoms. The predicted octanol–water partition coefficient (Wildman–Crippen LogP) is 1.38. The molecule has 7 heteroatoms. The molecule has 0 saturated carbocycles. The third-order valence-electron chi connectivity index (χ3n) is 3.88. The van der Waals surface area contributed by atoms with E-state index in [1.165, 1.54) is 0 Å². The fourth-order valence-corrected chi connectivity index (χ4v) is 2.64. The van der Waals surface area contributed by atoms with Crippen molar-refractivity contribution >= 4 is 17.1 Å². The topological polar surface area (TPSA) is 84.0 Å². The van der Waals surface area contributed by atoms with Gasteiger partial charge in [0.1, 0.15) is 5.52 Å². The number of nitrogens with zero attached hydrogens (tertiary/aromatic N) is 4. The summed E-state index contributed by atoms with van der Waals surface area (Å²) in [7, 11) is 0. The molecule has 1 amide bonds. The number of morpholine rings is 1. The van der Waals surface area contributed by atoms with Crippen molar-refractivity contribution in [3.63, 3.8) is 0 Å². The number of hydrogen-bond acceptors (Lipinski definition) is 5. The van der Waals surface area contributed by atoms with Crippen molar-refractivity contribution < 1.29 is 9.53 Å². The quantitative estimate of drug-likeness (QED) is 0.923. The van der Waals surface area contributed by atoms with Crippen LogP contribution in [0.15, 0.2) is 12.3 Å². The molecule has 1 saturated heterocycles. The summed E-state index contributed by atoms with van der Waals surface area (Å²) in [5.74, 6) is -0.0310. The van der Waals surface area contributed by atoms with Crippen molar-refractivity contribution in [2.75, 3.05) is 13.1 Å². The number of rotatable bonds is 3. The van der Waals surface area contributed by atoms with Crippen molar-refractivity contribution in [3.8, 4) is 0 Å². The first kappa shape index (κ1) is 13.9. The Morgan fingerprint density at radius 1 is 1.33 bits per heavy atom. The molecule has 0 aromatic carbocycles. The molecule has 1 N–H and O–H groups in total. The van der Waals surface area contributed by atoms with Crippen LogP contribution in [0, 0.1) is 0 Å². The highest BCUT2D eigenvalue weighted by molar-refractivity contribution is 6.03. The van der Waals surface area contributed by atoms with Gasteiger partial charge >= 0.3 is 0 Å². The minimum atomic E-state index is -0.0310. The smallest absolute Gasteiger partial charge is 0.256 e. The predicted molar refractivity (Wildman–Crippen MR) is 76.8 cm³/mol. The van der Waals surface area contributed by atoms with Crippen LogP contribution in [0.1, 0.15) is 37.0 Å². The summed E-state index contributed by atoms with van der Waals surface area (Å²) in [6.07, 6.45) is 3.59. The zero-order valence-electron chi connectivity index (χ0n) is 12.2. The van der Waals surface area contributed by atoms with Crippen LogP contribution in [-0.4, -0.2) is 56.5 Å². The SMILES string of the molecule is CCC1CN(C(=O)c2ccnc3n[nH]nc23)CC(CC)O1. The van der Waals surface area contributed by atoms with Gasteiger partial charge in [0.2, 0.25) is 5.65 Å². The first-order chi connectivity index (χ1) is 10.2. The summed E-state index contributed by atoms with van der Waals surface area (Å²) >= 11 is 0. The fourth-order valence-electron chi connectivity index (χ4n) is 2.64. The summed E-state index contributed by atoms with van der Waals surface area (Å²) in [6.45, 7) is 5.39. The van der Waals surface area contributed by atoms with Crippen LogP contribution in [0.2, 0.25) is 0 Å². The molecule has 0 bridgehead atoms. The lowest BCUT2D eigenvalue weighted by Crippen LogP contribution is -2.49. The number of fused-ring (bicyclic) bond motifs is 1. The second-order valence-electron chi connectivity index (χ2n) is 5.26. The highest BCUT2D eigenvalue weighted by Gasteiger charge is 2.30. The van der Waals surface area contributed by atoms with Gasteiger partial charge < -0.3 is 9.64 Å². The third-order valence-corrected chi connectivity index (χ3v) is 3.88. The minimum Gasteiger partial charge on any atom is -0.371 e. The largest absolute Gasteiger partial charge is 0.371 e. The molecule has 2 aromatic rings. The van der Waals surface area contributed by atoms with Gasteiger partial charge in [-0.05, 0) is 18.9 Å². The van der Waals surface area contributed by atoms with E-state index in [1.54, 1.807) is 12.3 Å². The number of hydrogen-bond donors (Lipinski definition) is 1. The zero-order valence-corrected chi connectivity index (χ0v) is 12.2. The van der Waals surface area contributed by atoms with Crippen molar-refractivity contribution in [3.05, 3.63) is 17.8 Å². The fraction of sp³-hybridized carbons (Fsp3) is 0.571. The first-order valence-corrected chi connectivity index (χ1v) is 7.33. The Kier molecular flexibility index (Phi) is 3.83. The molecule has 1 aliphatic rings. The van der Waals surface area contributed by atoms with Gasteiger partial charge in [-0.1, -0.05) is 13.8 Å². The van der Waals surface area contributed by atoms with E-state index in [0.29, 0.717) is 29.8 Å². The van der Waals surface area contributed by atoms with Crippen molar-refractivity contribution in [2.45, 2.75) is 38.9 Å². The Morgan fingerprint density at radius 2 is 2.05 bits per heavy atom. The third kappa shape index (κ3) is 2.61. The standard InChI is InChI=1S/C14H19N5O2/c1-3-9-7-19(8-10(4-2)21-9)14(20)11-5-6-15-13-12(11)16-18-17-13/h5-6,9-10H,3-4,7-8H2,1-2H3,(H,15,16,17,18). The highest BCUT2D eigenvalue weighted by Crippen LogP contribution is 2.20. The van der Waals surface area contributed by atoms with Gasteiger partial charge in [0, 0.05) is 19.3 Å². The lowest BCUT2D eigenvalue weighted by atomic mass is 10.1. The minimum absolute atomic E-state index is 0.0310. The second-order valence-corrected chi connectivity index (χ2v) is 5.26. The van der Waals surface area contributed by atoms with Crippen LogP contribution in [0.4, 0.5) is 0 Å². The molecule has 7 nitrogen and oxygen atoms in total. The number of aromatic nitrogens is 4. The Morgan fingerprint density at radius 3 is 2.71 bits per heavy atom. The number of H-pyrrole nitrogens is 1. The van der Waals surface area contributed by atoms with E-state index in [1.807, 2.05) is 4.90 Å². The van der Waals surface area contributed by atoms with E-state index in [-0.39, 0.29) is 18.1 Å². The van der Waals surface area contributed by atoms with E-state index < -0.39 is 0 Å². The number of ether oxygens (including phenoxy) is 1. The van der Waals surface area contributed by atoms with Gasteiger partial charge in [-0.15, -0.1) is 5.10 Å². The van der Waals surface area contributed by atoms with Crippen molar-refractivity contribution in [2.24, 2.45) is 0 Å².